The van der Waals surface area contributed by atoms with Crippen molar-refractivity contribution in [2.75, 3.05) is 13.1 Å². The summed E-state index contributed by atoms with van der Waals surface area (Å²) in [5, 5.41) is 17.7. The van der Waals surface area contributed by atoms with Gasteiger partial charge in [0.2, 0.25) is 0 Å². The van der Waals surface area contributed by atoms with Crippen LogP contribution in [0.3, 0.4) is 0 Å². The van der Waals surface area contributed by atoms with Gasteiger partial charge in [0, 0.05) is 12.5 Å². The summed E-state index contributed by atoms with van der Waals surface area (Å²) < 4.78 is 0. The molecule has 1 aromatic carbocycles. The van der Waals surface area contributed by atoms with Crippen molar-refractivity contribution in [3.8, 4) is 12.1 Å². The van der Waals surface area contributed by atoms with Gasteiger partial charge in [-0.15, -0.1) is 0 Å². The molecule has 1 fully saturated rings. The number of aryl methyl sites for hydroxylation is 1. The first-order valence-corrected chi connectivity index (χ1v) is 6.34. The zero-order valence-corrected chi connectivity index (χ0v) is 10.7. The standard InChI is InChI=1S/C15H17N3/c1-12-8-14(10-17)2-3-15(12)11-18-6-4-13(9-16)5-7-18/h2-3,8,13H,4-7,11H2,1H3. The molecule has 0 bridgehead atoms. The highest BCUT2D eigenvalue weighted by atomic mass is 15.1. The third-order valence-corrected chi connectivity index (χ3v) is 3.64. The minimum atomic E-state index is 0.239. The second-order valence-electron chi connectivity index (χ2n) is 4.93. The first-order valence-electron chi connectivity index (χ1n) is 6.34. The van der Waals surface area contributed by atoms with Gasteiger partial charge in [-0.25, -0.2) is 0 Å². The SMILES string of the molecule is Cc1cc(C#N)ccc1CN1CCC(C#N)CC1. The van der Waals surface area contributed by atoms with E-state index in [2.05, 4.69) is 24.0 Å². The van der Waals surface area contributed by atoms with E-state index in [1.54, 1.807) is 0 Å². The molecule has 1 saturated heterocycles. The maximum Gasteiger partial charge on any atom is 0.0991 e. The second-order valence-corrected chi connectivity index (χ2v) is 4.93. The summed E-state index contributed by atoms with van der Waals surface area (Å²) in [5.41, 5.74) is 3.18. The lowest BCUT2D eigenvalue weighted by atomic mass is 9.97. The Morgan fingerprint density at radius 2 is 2.00 bits per heavy atom. The average Bonchev–Trinajstić information content (AvgIpc) is 2.42. The molecule has 0 unspecified atom stereocenters. The fourth-order valence-corrected chi connectivity index (χ4v) is 2.40. The van der Waals surface area contributed by atoms with Crippen LogP contribution in [-0.4, -0.2) is 18.0 Å². The van der Waals surface area contributed by atoms with Gasteiger partial charge in [0.05, 0.1) is 17.7 Å². The summed E-state index contributed by atoms with van der Waals surface area (Å²) in [4.78, 5) is 2.39. The number of hydrogen-bond acceptors (Lipinski definition) is 3. The Morgan fingerprint density at radius 1 is 1.28 bits per heavy atom. The molecule has 0 spiro atoms. The molecule has 0 aliphatic carbocycles. The molecular weight excluding hydrogens is 222 g/mol. The van der Waals surface area contributed by atoms with E-state index in [-0.39, 0.29) is 5.92 Å². The molecule has 3 heteroatoms. The third kappa shape index (κ3) is 2.88. The quantitative estimate of drug-likeness (QED) is 0.797. The van der Waals surface area contributed by atoms with Crippen LogP contribution in [0.5, 0.6) is 0 Å². The van der Waals surface area contributed by atoms with Crippen LogP contribution in [0, 0.1) is 35.5 Å². The summed E-state index contributed by atoms with van der Waals surface area (Å²) in [7, 11) is 0. The van der Waals surface area contributed by atoms with Gasteiger partial charge in [-0.2, -0.15) is 10.5 Å². The summed E-state index contributed by atoms with van der Waals surface area (Å²) in [5.74, 6) is 0.239. The Labute approximate surface area is 108 Å². The van der Waals surface area contributed by atoms with Crippen LogP contribution < -0.4 is 0 Å². The van der Waals surface area contributed by atoms with Crippen LogP contribution in [0.2, 0.25) is 0 Å². The molecule has 2 rings (SSSR count). The summed E-state index contributed by atoms with van der Waals surface area (Å²) in [6.45, 7) is 4.98. The van der Waals surface area contributed by atoms with E-state index in [0.29, 0.717) is 0 Å². The van der Waals surface area contributed by atoms with Gasteiger partial charge in [-0.3, -0.25) is 4.90 Å². The lowest BCUT2D eigenvalue weighted by Gasteiger charge is -2.29. The first-order chi connectivity index (χ1) is 8.72. The van der Waals surface area contributed by atoms with Crippen LogP contribution in [0.1, 0.15) is 29.5 Å². The normalized spacial score (nSPS) is 17.1. The van der Waals surface area contributed by atoms with Gasteiger partial charge in [0.15, 0.2) is 0 Å². The molecule has 0 N–H and O–H groups in total. The Bertz CT molecular complexity index is 499. The fraction of sp³-hybridized carbons (Fsp3) is 0.467. The monoisotopic (exact) mass is 239 g/mol. The van der Waals surface area contributed by atoms with Crippen LogP contribution in [0.4, 0.5) is 0 Å². The highest BCUT2D eigenvalue weighted by Crippen LogP contribution is 2.19. The smallest absolute Gasteiger partial charge is 0.0991 e. The second kappa shape index (κ2) is 5.67. The molecule has 0 saturated carbocycles. The van der Waals surface area contributed by atoms with E-state index in [9.17, 15) is 0 Å². The minimum Gasteiger partial charge on any atom is -0.299 e. The highest BCUT2D eigenvalue weighted by molar-refractivity contribution is 5.37. The lowest BCUT2D eigenvalue weighted by molar-refractivity contribution is 0.198. The number of benzene rings is 1. The van der Waals surface area contributed by atoms with Crippen LogP contribution in [0.15, 0.2) is 18.2 Å². The van der Waals surface area contributed by atoms with Gasteiger partial charge in [-0.1, -0.05) is 6.07 Å². The van der Waals surface area contributed by atoms with Crippen LogP contribution in [0.25, 0.3) is 0 Å². The largest absolute Gasteiger partial charge is 0.299 e. The van der Waals surface area contributed by atoms with Crippen LogP contribution in [-0.2, 0) is 6.54 Å². The molecule has 1 aliphatic rings. The molecular formula is C15H17N3. The molecule has 0 radical (unpaired) electrons. The van der Waals surface area contributed by atoms with Crippen molar-refractivity contribution in [1.82, 2.24) is 4.90 Å². The summed E-state index contributed by atoms with van der Waals surface area (Å²) >= 11 is 0. The molecule has 0 amide bonds. The fourth-order valence-electron chi connectivity index (χ4n) is 2.40. The van der Waals surface area contributed by atoms with E-state index in [1.807, 2.05) is 18.2 Å². The maximum absolute atomic E-state index is 8.87. The number of nitriles is 2. The van der Waals surface area contributed by atoms with E-state index in [1.165, 1.54) is 11.1 Å². The third-order valence-electron chi connectivity index (χ3n) is 3.64. The summed E-state index contributed by atoms with van der Waals surface area (Å²) in [6, 6.07) is 10.4. The predicted octanol–water partition coefficient (Wildman–Crippen LogP) is 2.60. The van der Waals surface area contributed by atoms with Gasteiger partial charge < -0.3 is 0 Å². The van der Waals surface area contributed by atoms with Gasteiger partial charge in [-0.05, 0) is 56.1 Å². The zero-order chi connectivity index (χ0) is 13.0. The maximum atomic E-state index is 8.87. The van der Waals surface area contributed by atoms with Crippen molar-refractivity contribution in [3.05, 3.63) is 34.9 Å². The number of nitrogens with zero attached hydrogens (tertiary/aromatic N) is 3. The number of rotatable bonds is 2. The number of piperidine rings is 1. The average molecular weight is 239 g/mol. The molecule has 0 atom stereocenters. The topological polar surface area (TPSA) is 50.8 Å². The van der Waals surface area contributed by atoms with Crippen molar-refractivity contribution in [1.29, 1.82) is 10.5 Å². The van der Waals surface area contributed by atoms with Crippen molar-refractivity contribution < 1.29 is 0 Å². The van der Waals surface area contributed by atoms with Crippen molar-refractivity contribution >= 4 is 0 Å². The van der Waals surface area contributed by atoms with Gasteiger partial charge in [0.1, 0.15) is 0 Å². The Kier molecular flexibility index (Phi) is 3.97. The minimum absolute atomic E-state index is 0.239. The zero-order valence-electron chi connectivity index (χ0n) is 10.7. The lowest BCUT2D eigenvalue weighted by Crippen LogP contribution is -2.32. The van der Waals surface area contributed by atoms with Crippen molar-refractivity contribution in [2.24, 2.45) is 5.92 Å². The first kappa shape index (κ1) is 12.6. The molecule has 18 heavy (non-hydrogen) atoms. The number of hydrogen-bond donors (Lipinski definition) is 0. The highest BCUT2D eigenvalue weighted by Gasteiger charge is 2.18. The molecule has 0 aromatic heterocycles. The predicted molar refractivity (Wildman–Crippen MR) is 69.5 cm³/mol. The van der Waals surface area contributed by atoms with Gasteiger partial charge >= 0.3 is 0 Å². The van der Waals surface area contributed by atoms with E-state index >= 15 is 0 Å². The van der Waals surface area contributed by atoms with Crippen LogP contribution >= 0.6 is 0 Å². The Morgan fingerprint density at radius 3 is 2.56 bits per heavy atom. The molecule has 1 heterocycles. The van der Waals surface area contributed by atoms with E-state index < -0.39 is 0 Å². The summed E-state index contributed by atoms with van der Waals surface area (Å²) in [6.07, 6.45) is 1.96. The molecule has 1 aromatic rings. The van der Waals surface area contributed by atoms with Crippen molar-refractivity contribution in [3.63, 3.8) is 0 Å². The van der Waals surface area contributed by atoms with E-state index in [4.69, 9.17) is 10.5 Å². The van der Waals surface area contributed by atoms with E-state index in [0.717, 1.165) is 38.0 Å². The Hall–Kier alpha value is -1.84. The van der Waals surface area contributed by atoms with Crippen molar-refractivity contribution in [2.45, 2.75) is 26.3 Å². The number of likely N-dealkylation sites (tertiary alicyclic amines) is 1. The molecule has 1 aliphatic heterocycles. The molecule has 3 nitrogen and oxygen atoms in total. The Balaban J connectivity index is 1.99. The molecule has 92 valence electrons. The van der Waals surface area contributed by atoms with Gasteiger partial charge in [0.25, 0.3) is 0 Å².